The number of benzene rings is 3. The number of nitrogens with one attached hydrogen (secondary N) is 1. The highest BCUT2D eigenvalue weighted by Gasteiger charge is 2.11. The molecule has 1 aromatic heterocycles. The van der Waals surface area contributed by atoms with Gasteiger partial charge in [-0.25, -0.2) is 4.98 Å². The summed E-state index contributed by atoms with van der Waals surface area (Å²) in [6.45, 7) is 0. The fraction of sp³-hybridized carbons (Fsp3) is 0.120. The number of hydrogen-bond acceptors (Lipinski definition) is 4. The van der Waals surface area contributed by atoms with Crippen LogP contribution in [0.4, 0.5) is 5.69 Å². The third-order valence-corrected chi connectivity index (χ3v) is 5.70. The number of amides is 1. The number of anilines is 1. The Bertz CT molecular complexity index is 1120. The van der Waals surface area contributed by atoms with Crippen LogP contribution in [0.25, 0.3) is 10.6 Å². The van der Waals surface area contributed by atoms with E-state index in [1.165, 1.54) is 16.9 Å². The zero-order valence-corrected chi connectivity index (χ0v) is 17.5. The Hall–Kier alpha value is -3.44. The molecule has 1 N–H and O–H groups in total. The van der Waals surface area contributed by atoms with Crippen LogP contribution in [0.5, 0.6) is 5.75 Å². The number of carbonyl (C=O) groups excluding carboxylic acids is 1. The molecule has 3 aromatic carbocycles. The van der Waals surface area contributed by atoms with Gasteiger partial charge in [0.2, 0.25) is 5.91 Å². The molecular weight excluding hydrogens is 392 g/mol. The van der Waals surface area contributed by atoms with E-state index in [-0.39, 0.29) is 12.3 Å². The van der Waals surface area contributed by atoms with E-state index in [1.54, 1.807) is 7.11 Å². The van der Waals surface area contributed by atoms with Crippen LogP contribution in [0.15, 0.2) is 84.2 Å². The van der Waals surface area contributed by atoms with Crippen molar-refractivity contribution < 1.29 is 9.53 Å². The molecular formula is C25H22N2O2S. The number of methoxy groups -OCH3 is 1. The number of thiazole rings is 1. The summed E-state index contributed by atoms with van der Waals surface area (Å²) in [5.74, 6) is 0.742. The van der Waals surface area contributed by atoms with E-state index in [4.69, 9.17) is 4.74 Å². The van der Waals surface area contributed by atoms with Crippen LogP contribution in [0.2, 0.25) is 0 Å². The van der Waals surface area contributed by atoms with Crippen LogP contribution in [-0.2, 0) is 17.6 Å². The summed E-state index contributed by atoms with van der Waals surface area (Å²) in [4.78, 5) is 17.3. The summed E-state index contributed by atoms with van der Waals surface area (Å²) in [5.41, 5.74) is 4.93. The van der Waals surface area contributed by atoms with Crippen LogP contribution < -0.4 is 10.1 Å². The predicted octanol–water partition coefficient (Wildman–Crippen LogP) is 5.59. The van der Waals surface area contributed by atoms with E-state index in [1.807, 2.05) is 72.1 Å². The van der Waals surface area contributed by atoms with Gasteiger partial charge in [-0.2, -0.15) is 0 Å². The molecule has 0 saturated carbocycles. The molecule has 0 spiro atoms. The van der Waals surface area contributed by atoms with Gasteiger partial charge in [-0.05, 0) is 47.9 Å². The van der Waals surface area contributed by atoms with Crippen LogP contribution in [0.3, 0.4) is 0 Å². The zero-order chi connectivity index (χ0) is 20.8. The topological polar surface area (TPSA) is 51.2 Å². The van der Waals surface area contributed by atoms with E-state index < -0.39 is 0 Å². The highest BCUT2D eigenvalue weighted by molar-refractivity contribution is 7.13. The zero-order valence-electron chi connectivity index (χ0n) is 16.7. The number of nitrogens with zero attached hydrogens (tertiary/aromatic N) is 1. The molecule has 150 valence electrons. The molecule has 0 fully saturated rings. The summed E-state index contributed by atoms with van der Waals surface area (Å²) in [6, 6.07) is 25.9. The lowest BCUT2D eigenvalue weighted by Gasteiger charge is -2.11. The van der Waals surface area contributed by atoms with Crippen LogP contribution in [0, 0.1) is 0 Å². The van der Waals surface area contributed by atoms with Crippen LogP contribution >= 0.6 is 11.3 Å². The van der Waals surface area contributed by atoms with E-state index in [2.05, 4.69) is 22.4 Å². The first-order chi connectivity index (χ1) is 14.7. The van der Waals surface area contributed by atoms with Gasteiger partial charge in [-0.1, -0.05) is 48.5 Å². The SMILES string of the molecule is COc1ccc(-c2nc(CC(=O)Nc3ccccc3Cc3ccccc3)cs2)cc1. The normalized spacial score (nSPS) is 10.6. The maximum Gasteiger partial charge on any atom is 0.230 e. The minimum absolute atomic E-state index is 0.0675. The van der Waals surface area contributed by atoms with Crippen LogP contribution in [-0.4, -0.2) is 18.0 Å². The molecule has 0 aliphatic heterocycles. The van der Waals surface area contributed by atoms with Crippen molar-refractivity contribution in [2.75, 3.05) is 12.4 Å². The van der Waals surface area contributed by atoms with Crippen molar-refractivity contribution in [3.8, 4) is 16.3 Å². The first kappa shape index (κ1) is 19.9. The van der Waals surface area contributed by atoms with Crippen molar-refractivity contribution in [1.29, 1.82) is 0 Å². The highest BCUT2D eigenvalue weighted by Crippen LogP contribution is 2.26. The second-order valence-electron chi connectivity index (χ2n) is 6.92. The van der Waals surface area contributed by atoms with Gasteiger partial charge in [0.25, 0.3) is 0 Å². The molecule has 4 rings (SSSR count). The molecule has 1 amide bonds. The largest absolute Gasteiger partial charge is 0.497 e. The Balaban J connectivity index is 1.42. The smallest absolute Gasteiger partial charge is 0.230 e. The Morgan fingerprint density at radius 3 is 2.47 bits per heavy atom. The lowest BCUT2D eigenvalue weighted by molar-refractivity contribution is -0.115. The van der Waals surface area contributed by atoms with Crippen molar-refractivity contribution in [2.45, 2.75) is 12.8 Å². The third kappa shape index (κ3) is 4.93. The number of para-hydroxylation sites is 1. The van der Waals surface area contributed by atoms with E-state index in [0.29, 0.717) is 0 Å². The molecule has 4 aromatic rings. The maximum atomic E-state index is 12.7. The highest BCUT2D eigenvalue weighted by atomic mass is 32.1. The van der Waals surface area contributed by atoms with Gasteiger partial charge in [-0.3, -0.25) is 4.79 Å². The van der Waals surface area contributed by atoms with Crippen molar-refractivity contribution in [3.05, 3.63) is 101 Å². The second-order valence-corrected chi connectivity index (χ2v) is 7.78. The Labute approximate surface area is 180 Å². The lowest BCUT2D eigenvalue weighted by Crippen LogP contribution is -2.15. The Kier molecular flexibility index (Phi) is 6.20. The van der Waals surface area contributed by atoms with E-state index in [9.17, 15) is 4.79 Å². The van der Waals surface area contributed by atoms with Gasteiger partial charge in [0.05, 0.1) is 19.2 Å². The van der Waals surface area contributed by atoms with Crippen molar-refractivity contribution >= 4 is 22.9 Å². The van der Waals surface area contributed by atoms with Gasteiger partial charge in [0, 0.05) is 16.6 Å². The minimum atomic E-state index is -0.0675. The maximum absolute atomic E-state index is 12.7. The molecule has 0 bridgehead atoms. The van der Waals surface area contributed by atoms with E-state index in [0.717, 1.165) is 39.7 Å². The summed E-state index contributed by atoms with van der Waals surface area (Å²) in [6.07, 6.45) is 1.02. The van der Waals surface area contributed by atoms with Crippen molar-refractivity contribution in [2.24, 2.45) is 0 Å². The molecule has 30 heavy (non-hydrogen) atoms. The average Bonchev–Trinajstić information content (AvgIpc) is 3.24. The summed E-state index contributed by atoms with van der Waals surface area (Å²) >= 11 is 1.54. The fourth-order valence-electron chi connectivity index (χ4n) is 3.23. The fourth-order valence-corrected chi connectivity index (χ4v) is 4.05. The summed E-state index contributed by atoms with van der Waals surface area (Å²) in [7, 11) is 1.65. The number of carbonyl (C=O) groups is 1. The van der Waals surface area contributed by atoms with Gasteiger partial charge in [-0.15, -0.1) is 11.3 Å². The average molecular weight is 415 g/mol. The van der Waals surface area contributed by atoms with Gasteiger partial charge < -0.3 is 10.1 Å². The first-order valence-corrected chi connectivity index (χ1v) is 10.6. The minimum Gasteiger partial charge on any atom is -0.497 e. The Morgan fingerprint density at radius 2 is 1.70 bits per heavy atom. The molecule has 0 atom stereocenters. The van der Waals surface area contributed by atoms with Gasteiger partial charge >= 0.3 is 0 Å². The second kappa shape index (κ2) is 9.37. The van der Waals surface area contributed by atoms with Crippen molar-refractivity contribution in [3.63, 3.8) is 0 Å². The number of rotatable bonds is 7. The molecule has 0 aliphatic carbocycles. The predicted molar refractivity (Wildman–Crippen MR) is 122 cm³/mol. The van der Waals surface area contributed by atoms with Crippen LogP contribution in [0.1, 0.15) is 16.8 Å². The molecule has 0 unspecified atom stereocenters. The standard InChI is InChI=1S/C25H22N2O2S/c1-29-22-13-11-19(12-14-22)25-26-21(17-30-25)16-24(28)27-23-10-6-5-9-20(23)15-18-7-3-2-4-8-18/h2-14,17H,15-16H2,1H3,(H,27,28). The van der Waals surface area contributed by atoms with Crippen molar-refractivity contribution in [1.82, 2.24) is 4.98 Å². The molecule has 0 radical (unpaired) electrons. The Morgan fingerprint density at radius 1 is 0.967 bits per heavy atom. The monoisotopic (exact) mass is 414 g/mol. The number of hydrogen-bond donors (Lipinski definition) is 1. The van der Waals surface area contributed by atoms with Gasteiger partial charge in [0.15, 0.2) is 0 Å². The summed E-state index contributed by atoms with van der Waals surface area (Å²) in [5, 5.41) is 5.89. The molecule has 4 nitrogen and oxygen atoms in total. The first-order valence-electron chi connectivity index (χ1n) is 9.72. The molecule has 0 aliphatic rings. The number of ether oxygens (including phenoxy) is 1. The van der Waals surface area contributed by atoms with Gasteiger partial charge in [0.1, 0.15) is 10.8 Å². The lowest BCUT2D eigenvalue weighted by atomic mass is 10.0. The quantitative estimate of drug-likeness (QED) is 0.429. The molecule has 1 heterocycles. The molecule has 0 saturated heterocycles. The summed E-state index contributed by atoms with van der Waals surface area (Å²) < 4.78 is 5.20. The number of aromatic nitrogens is 1. The van der Waals surface area contributed by atoms with E-state index >= 15 is 0 Å². The third-order valence-electron chi connectivity index (χ3n) is 4.76. The molecule has 5 heteroatoms.